The fourth-order valence-corrected chi connectivity index (χ4v) is 2.37. The molecule has 0 aliphatic carbocycles. The third-order valence-electron chi connectivity index (χ3n) is 2.51. The first kappa shape index (κ1) is 13.6. The first-order valence-corrected chi connectivity index (χ1v) is 6.92. The minimum absolute atomic E-state index is 0.150. The molecule has 0 aromatic carbocycles. The Morgan fingerprint density at radius 2 is 2.21 bits per heavy atom. The monoisotopic (exact) mass is 277 g/mol. The molecule has 0 amide bonds. The molecule has 2 rings (SSSR count). The standard InChI is InChI=1S/C13H15N3O2S/c17-13(18)5-8-14-7-4-12-16-11(9-19-12)10-3-1-2-6-15-10/h1-3,6,9,14H,4-5,7-8H2,(H,17,18). The van der Waals surface area contributed by atoms with Gasteiger partial charge >= 0.3 is 5.97 Å². The van der Waals surface area contributed by atoms with Gasteiger partial charge in [0.1, 0.15) is 0 Å². The maximum Gasteiger partial charge on any atom is 0.304 e. The largest absolute Gasteiger partial charge is 0.481 e. The van der Waals surface area contributed by atoms with Crippen molar-refractivity contribution in [1.29, 1.82) is 0 Å². The number of hydrogen-bond acceptors (Lipinski definition) is 5. The molecule has 0 saturated heterocycles. The molecule has 0 unspecified atom stereocenters. The smallest absolute Gasteiger partial charge is 0.304 e. The number of pyridine rings is 1. The third-order valence-corrected chi connectivity index (χ3v) is 3.42. The van der Waals surface area contributed by atoms with Crippen LogP contribution in [0.1, 0.15) is 11.4 Å². The van der Waals surface area contributed by atoms with Crippen LogP contribution in [0.5, 0.6) is 0 Å². The van der Waals surface area contributed by atoms with Crippen LogP contribution in [0, 0.1) is 0 Å². The van der Waals surface area contributed by atoms with Gasteiger partial charge in [0.25, 0.3) is 0 Å². The summed E-state index contributed by atoms with van der Waals surface area (Å²) < 4.78 is 0. The SMILES string of the molecule is O=C(O)CCNCCc1nc(-c2ccccn2)cs1. The van der Waals surface area contributed by atoms with Gasteiger partial charge in [-0.25, -0.2) is 4.98 Å². The molecular formula is C13H15N3O2S. The Bertz CT molecular complexity index is 528. The highest BCUT2D eigenvalue weighted by atomic mass is 32.1. The number of carboxylic acids is 1. The second kappa shape index (κ2) is 6.96. The normalized spacial score (nSPS) is 10.5. The van der Waals surface area contributed by atoms with E-state index in [1.165, 1.54) is 0 Å². The van der Waals surface area contributed by atoms with Crippen LogP contribution in [-0.2, 0) is 11.2 Å². The predicted molar refractivity (Wildman–Crippen MR) is 74.2 cm³/mol. The van der Waals surface area contributed by atoms with Crippen molar-refractivity contribution in [2.75, 3.05) is 13.1 Å². The molecule has 0 bridgehead atoms. The van der Waals surface area contributed by atoms with Crippen LogP contribution in [0.2, 0.25) is 0 Å². The van der Waals surface area contributed by atoms with Crippen LogP contribution in [0.4, 0.5) is 0 Å². The van der Waals surface area contributed by atoms with E-state index in [-0.39, 0.29) is 6.42 Å². The van der Waals surface area contributed by atoms with E-state index in [1.54, 1.807) is 17.5 Å². The quantitative estimate of drug-likeness (QED) is 0.755. The van der Waals surface area contributed by atoms with E-state index in [0.717, 1.165) is 29.4 Å². The van der Waals surface area contributed by atoms with Crippen molar-refractivity contribution in [2.45, 2.75) is 12.8 Å². The van der Waals surface area contributed by atoms with E-state index in [4.69, 9.17) is 5.11 Å². The summed E-state index contributed by atoms with van der Waals surface area (Å²) in [5, 5.41) is 14.6. The zero-order valence-corrected chi connectivity index (χ0v) is 11.2. The fourth-order valence-electron chi connectivity index (χ4n) is 1.57. The summed E-state index contributed by atoms with van der Waals surface area (Å²) in [7, 11) is 0. The molecular weight excluding hydrogens is 262 g/mol. The Kier molecular flexibility index (Phi) is 5.00. The fraction of sp³-hybridized carbons (Fsp3) is 0.308. The van der Waals surface area contributed by atoms with E-state index in [1.807, 2.05) is 23.6 Å². The summed E-state index contributed by atoms with van der Waals surface area (Å²) in [5.41, 5.74) is 1.77. The number of nitrogens with one attached hydrogen (secondary N) is 1. The molecule has 0 atom stereocenters. The average Bonchev–Trinajstić information content (AvgIpc) is 2.88. The van der Waals surface area contributed by atoms with Crippen LogP contribution in [0.25, 0.3) is 11.4 Å². The van der Waals surface area contributed by atoms with Gasteiger partial charge in [0.05, 0.1) is 22.8 Å². The number of aliphatic carboxylic acids is 1. The lowest BCUT2D eigenvalue weighted by molar-refractivity contribution is -0.136. The summed E-state index contributed by atoms with van der Waals surface area (Å²) >= 11 is 1.60. The van der Waals surface area contributed by atoms with Gasteiger partial charge in [0, 0.05) is 31.1 Å². The summed E-state index contributed by atoms with van der Waals surface area (Å²) in [6.45, 7) is 1.23. The molecule has 6 heteroatoms. The highest BCUT2D eigenvalue weighted by molar-refractivity contribution is 7.09. The van der Waals surface area contributed by atoms with E-state index in [9.17, 15) is 4.79 Å². The first-order valence-electron chi connectivity index (χ1n) is 6.04. The number of nitrogens with zero attached hydrogens (tertiary/aromatic N) is 2. The summed E-state index contributed by atoms with van der Waals surface area (Å²) in [6.07, 6.45) is 2.70. The topological polar surface area (TPSA) is 75.1 Å². The third kappa shape index (κ3) is 4.42. The lowest BCUT2D eigenvalue weighted by atomic mass is 10.3. The molecule has 2 heterocycles. The van der Waals surface area contributed by atoms with Gasteiger partial charge in [0.2, 0.25) is 0 Å². The Morgan fingerprint density at radius 3 is 2.95 bits per heavy atom. The Labute approximate surface area is 115 Å². The average molecular weight is 277 g/mol. The molecule has 0 radical (unpaired) electrons. The molecule has 19 heavy (non-hydrogen) atoms. The molecule has 0 fully saturated rings. The van der Waals surface area contributed by atoms with Gasteiger partial charge < -0.3 is 10.4 Å². The highest BCUT2D eigenvalue weighted by Gasteiger charge is 2.05. The van der Waals surface area contributed by atoms with Crippen molar-refractivity contribution in [3.05, 3.63) is 34.8 Å². The van der Waals surface area contributed by atoms with Crippen molar-refractivity contribution in [1.82, 2.24) is 15.3 Å². The molecule has 2 N–H and O–H groups in total. The summed E-state index contributed by atoms with van der Waals surface area (Å²) in [5.74, 6) is -0.779. The van der Waals surface area contributed by atoms with Gasteiger partial charge in [-0.3, -0.25) is 9.78 Å². The molecule has 5 nitrogen and oxygen atoms in total. The molecule has 100 valence electrons. The number of aromatic nitrogens is 2. The number of carboxylic acid groups (broad SMARTS) is 1. The maximum absolute atomic E-state index is 10.3. The van der Waals surface area contributed by atoms with Gasteiger partial charge in [-0.1, -0.05) is 6.07 Å². The van der Waals surface area contributed by atoms with Crippen molar-refractivity contribution in [3.63, 3.8) is 0 Å². The zero-order valence-electron chi connectivity index (χ0n) is 10.4. The number of thiazole rings is 1. The second-order valence-corrected chi connectivity index (χ2v) is 4.93. The van der Waals surface area contributed by atoms with Crippen LogP contribution in [0.15, 0.2) is 29.8 Å². The molecule has 2 aromatic rings. The minimum atomic E-state index is -0.779. The van der Waals surface area contributed by atoms with Crippen LogP contribution >= 0.6 is 11.3 Å². The number of hydrogen-bond donors (Lipinski definition) is 2. The molecule has 0 saturated carbocycles. The minimum Gasteiger partial charge on any atom is -0.481 e. The molecule has 2 aromatic heterocycles. The second-order valence-electron chi connectivity index (χ2n) is 3.99. The molecule has 0 spiro atoms. The lowest BCUT2D eigenvalue weighted by Crippen LogP contribution is -2.20. The number of carbonyl (C=O) groups is 1. The van der Waals surface area contributed by atoms with E-state index < -0.39 is 5.97 Å². The van der Waals surface area contributed by atoms with Crippen LogP contribution in [-0.4, -0.2) is 34.1 Å². The van der Waals surface area contributed by atoms with E-state index in [2.05, 4.69) is 15.3 Å². The predicted octanol–water partition coefficient (Wildman–Crippen LogP) is 1.81. The van der Waals surface area contributed by atoms with Gasteiger partial charge in [0.15, 0.2) is 0 Å². The van der Waals surface area contributed by atoms with Crippen molar-refractivity contribution >= 4 is 17.3 Å². The Hall–Kier alpha value is -1.79. The van der Waals surface area contributed by atoms with Gasteiger partial charge in [-0.2, -0.15) is 0 Å². The molecule has 0 aliphatic heterocycles. The molecule has 0 aliphatic rings. The van der Waals surface area contributed by atoms with Gasteiger partial charge in [-0.05, 0) is 12.1 Å². The van der Waals surface area contributed by atoms with Crippen LogP contribution in [0.3, 0.4) is 0 Å². The Morgan fingerprint density at radius 1 is 1.32 bits per heavy atom. The lowest BCUT2D eigenvalue weighted by Gasteiger charge is -2.00. The van der Waals surface area contributed by atoms with Crippen molar-refractivity contribution < 1.29 is 9.90 Å². The van der Waals surface area contributed by atoms with Gasteiger partial charge in [-0.15, -0.1) is 11.3 Å². The highest BCUT2D eigenvalue weighted by Crippen LogP contribution is 2.19. The van der Waals surface area contributed by atoms with E-state index in [0.29, 0.717) is 6.54 Å². The summed E-state index contributed by atoms with van der Waals surface area (Å²) in [6, 6.07) is 5.75. The number of rotatable bonds is 7. The first-order chi connectivity index (χ1) is 9.25. The maximum atomic E-state index is 10.3. The van der Waals surface area contributed by atoms with Crippen LogP contribution < -0.4 is 5.32 Å². The summed E-state index contributed by atoms with van der Waals surface area (Å²) in [4.78, 5) is 19.1. The van der Waals surface area contributed by atoms with Crippen molar-refractivity contribution in [2.24, 2.45) is 0 Å². The van der Waals surface area contributed by atoms with Crippen molar-refractivity contribution in [3.8, 4) is 11.4 Å². The Balaban J connectivity index is 1.80. The zero-order chi connectivity index (χ0) is 13.5. The van der Waals surface area contributed by atoms with E-state index >= 15 is 0 Å².